The topological polar surface area (TPSA) is 93.5 Å². The molecule has 0 saturated carbocycles. The van der Waals surface area contributed by atoms with Gasteiger partial charge in [-0.25, -0.2) is 13.4 Å². The quantitative estimate of drug-likeness (QED) is 0.563. The molecule has 4 rings (SSSR count). The van der Waals surface area contributed by atoms with E-state index >= 15 is 0 Å². The van der Waals surface area contributed by atoms with Gasteiger partial charge in [0, 0.05) is 38.8 Å². The Kier molecular flexibility index (Phi) is 6.16. The molecule has 1 fully saturated rings. The van der Waals surface area contributed by atoms with E-state index in [0.717, 1.165) is 5.82 Å². The molecule has 0 bridgehead atoms. The molecule has 1 aromatic carbocycles. The van der Waals surface area contributed by atoms with Crippen molar-refractivity contribution in [1.29, 1.82) is 0 Å². The Bertz CT molecular complexity index is 1200. The van der Waals surface area contributed by atoms with Crippen molar-refractivity contribution in [3.05, 3.63) is 53.6 Å². The van der Waals surface area contributed by atoms with Gasteiger partial charge in [0.05, 0.1) is 11.4 Å². The van der Waals surface area contributed by atoms with Gasteiger partial charge in [0.25, 0.3) is 0 Å². The summed E-state index contributed by atoms with van der Waals surface area (Å²) in [6, 6.07) is 11.3. The third-order valence-electron chi connectivity index (χ3n) is 5.54. The van der Waals surface area contributed by atoms with Gasteiger partial charge < -0.3 is 9.64 Å². The summed E-state index contributed by atoms with van der Waals surface area (Å²) >= 11 is 0. The number of hydrogen-bond donors (Lipinski definition) is 0. The molecule has 0 radical (unpaired) electrons. The van der Waals surface area contributed by atoms with E-state index in [-0.39, 0.29) is 0 Å². The van der Waals surface area contributed by atoms with Crippen LogP contribution in [0.5, 0.6) is 11.6 Å². The van der Waals surface area contributed by atoms with Crippen LogP contribution in [0.2, 0.25) is 0 Å². The van der Waals surface area contributed by atoms with Crippen molar-refractivity contribution >= 4 is 15.8 Å². The molecule has 1 aliphatic heterocycles. The largest absolute Gasteiger partial charge is 0.439 e. The van der Waals surface area contributed by atoms with Gasteiger partial charge in [-0.05, 0) is 39.8 Å². The Morgan fingerprint density at radius 2 is 1.69 bits per heavy atom. The van der Waals surface area contributed by atoms with Crippen LogP contribution in [-0.4, -0.2) is 58.7 Å². The van der Waals surface area contributed by atoms with Crippen molar-refractivity contribution in [2.75, 3.05) is 31.1 Å². The average Bonchev–Trinajstić information content (AvgIpc) is 3.08. The number of piperazine rings is 1. The molecular formula is C22H28N6O3S. The average molecular weight is 457 g/mol. The van der Waals surface area contributed by atoms with Gasteiger partial charge in [-0.15, -0.1) is 0 Å². The number of anilines is 1. The zero-order chi connectivity index (χ0) is 22.9. The number of hydrogen-bond acceptors (Lipinski definition) is 7. The molecule has 1 saturated heterocycles. The highest BCUT2D eigenvalue weighted by molar-refractivity contribution is 7.89. The second-order valence-electron chi connectivity index (χ2n) is 7.73. The van der Waals surface area contributed by atoms with Crippen LogP contribution in [0.15, 0.2) is 41.3 Å². The lowest BCUT2D eigenvalue weighted by molar-refractivity contribution is 0.382. The predicted octanol–water partition coefficient (Wildman–Crippen LogP) is 2.92. The molecule has 3 aromatic rings. The van der Waals surface area contributed by atoms with Gasteiger partial charge in [0.2, 0.25) is 15.9 Å². The molecule has 0 atom stereocenters. The van der Waals surface area contributed by atoms with Crippen LogP contribution in [-0.2, 0) is 16.6 Å². The van der Waals surface area contributed by atoms with Crippen LogP contribution in [0.3, 0.4) is 0 Å². The monoisotopic (exact) mass is 456 g/mol. The first-order chi connectivity index (χ1) is 15.3. The number of para-hydroxylation sites is 1. The third-order valence-corrected chi connectivity index (χ3v) is 7.69. The van der Waals surface area contributed by atoms with Gasteiger partial charge in [-0.3, -0.25) is 4.68 Å². The number of rotatable bonds is 6. The Morgan fingerprint density at radius 1 is 1.00 bits per heavy atom. The number of aryl methyl sites for hydroxylation is 3. The minimum absolute atomic E-state index is 0.323. The molecule has 9 nitrogen and oxygen atoms in total. The lowest BCUT2D eigenvalue weighted by Gasteiger charge is -2.34. The highest BCUT2D eigenvalue weighted by Crippen LogP contribution is 2.27. The minimum atomic E-state index is -3.61. The molecule has 2 aromatic heterocycles. The van der Waals surface area contributed by atoms with Crippen molar-refractivity contribution in [3.63, 3.8) is 0 Å². The third kappa shape index (κ3) is 4.33. The van der Waals surface area contributed by atoms with Gasteiger partial charge >= 0.3 is 0 Å². The summed E-state index contributed by atoms with van der Waals surface area (Å²) in [5.41, 5.74) is 1.22. The molecule has 0 spiro atoms. The van der Waals surface area contributed by atoms with E-state index in [1.54, 1.807) is 17.7 Å². The predicted molar refractivity (Wildman–Crippen MR) is 122 cm³/mol. The summed E-state index contributed by atoms with van der Waals surface area (Å²) in [6.45, 7) is 9.77. The minimum Gasteiger partial charge on any atom is -0.439 e. The first-order valence-electron chi connectivity index (χ1n) is 10.7. The fourth-order valence-corrected chi connectivity index (χ4v) is 5.79. The van der Waals surface area contributed by atoms with Crippen molar-refractivity contribution in [2.45, 2.75) is 39.1 Å². The van der Waals surface area contributed by atoms with Crippen LogP contribution in [0.4, 0.5) is 5.82 Å². The second-order valence-corrected chi connectivity index (χ2v) is 9.61. The summed E-state index contributed by atoms with van der Waals surface area (Å²) in [4.78, 5) is 11.3. The maximum absolute atomic E-state index is 13.3. The molecule has 0 N–H and O–H groups in total. The van der Waals surface area contributed by atoms with E-state index in [0.29, 0.717) is 66.5 Å². The first-order valence-corrected chi connectivity index (χ1v) is 12.1. The smallest absolute Gasteiger partial charge is 0.246 e. The molecule has 0 aliphatic carbocycles. The van der Waals surface area contributed by atoms with Crippen molar-refractivity contribution in [1.82, 2.24) is 24.1 Å². The summed E-state index contributed by atoms with van der Waals surface area (Å²) < 4.78 is 35.8. The zero-order valence-corrected chi connectivity index (χ0v) is 19.6. The lowest BCUT2D eigenvalue weighted by atomic mass is 10.3. The fourth-order valence-electron chi connectivity index (χ4n) is 4.00. The number of aromatic nitrogens is 4. The summed E-state index contributed by atoms with van der Waals surface area (Å²) in [5, 5.41) is 4.38. The maximum atomic E-state index is 13.3. The SMILES string of the molecule is CCn1nc(C)c(S(=O)(=O)N2CCN(c3cc(Oc4ccccc4)nc(C)n3)CC2)c1C. The van der Waals surface area contributed by atoms with Crippen LogP contribution in [0, 0.1) is 20.8 Å². The fraction of sp³-hybridized carbons (Fsp3) is 0.409. The first kappa shape index (κ1) is 22.2. The van der Waals surface area contributed by atoms with Crippen molar-refractivity contribution < 1.29 is 13.2 Å². The van der Waals surface area contributed by atoms with E-state index in [2.05, 4.69) is 20.0 Å². The number of nitrogens with zero attached hydrogens (tertiary/aromatic N) is 6. The zero-order valence-electron chi connectivity index (χ0n) is 18.8. The van der Waals surface area contributed by atoms with E-state index in [9.17, 15) is 8.42 Å². The van der Waals surface area contributed by atoms with Crippen LogP contribution in [0.1, 0.15) is 24.1 Å². The second kappa shape index (κ2) is 8.87. The molecule has 170 valence electrons. The van der Waals surface area contributed by atoms with Crippen LogP contribution < -0.4 is 9.64 Å². The highest BCUT2D eigenvalue weighted by Gasteiger charge is 2.33. The Morgan fingerprint density at radius 3 is 2.31 bits per heavy atom. The molecule has 0 unspecified atom stereocenters. The Balaban J connectivity index is 1.50. The number of sulfonamides is 1. The maximum Gasteiger partial charge on any atom is 0.246 e. The molecule has 0 amide bonds. The molecule has 1 aliphatic rings. The highest BCUT2D eigenvalue weighted by atomic mass is 32.2. The van der Waals surface area contributed by atoms with E-state index in [1.807, 2.05) is 51.1 Å². The van der Waals surface area contributed by atoms with Crippen LogP contribution >= 0.6 is 0 Å². The summed E-state index contributed by atoms with van der Waals surface area (Å²) in [7, 11) is -3.61. The Labute approximate surface area is 188 Å². The molecule has 10 heteroatoms. The van der Waals surface area contributed by atoms with E-state index < -0.39 is 10.0 Å². The number of benzene rings is 1. The lowest BCUT2D eigenvalue weighted by Crippen LogP contribution is -2.49. The Hall–Kier alpha value is -2.98. The van der Waals surface area contributed by atoms with Gasteiger partial charge in [-0.2, -0.15) is 14.4 Å². The summed E-state index contributed by atoms with van der Waals surface area (Å²) in [5.74, 6) is 2.49. The molecular weight excluding hydrogens is 428 g/mol. The summed E-state index contributed by atoms with van der Waals surface area (Å²) in [6.07, 6.45) is 0. The molecule has 32 heavy (non-hydrogen) atoms. The van der Waals surface area contributed by atoms with Gasteiger partial charge in [-0.1, -0.05) is 18.2 Å². The van der Waals surface area contributed by atoms with Crippen molar-refractivity contribution in [3.8, 4) is 11.6 Å². The van der Waals surface area contributed by atoms with Gasteiger partial charge in [0.1, 0.15) is 22.3 Å². The molecule has 3 heterocycles. The van der Waals surface area contributed by atoms with Crippen molar-refractivity contribution in [2.24, 2.45) is 0 Å². The normalized spacial score (nSPS) is 15.2. The van der Waals surface area contributed by atoms with Crippen LogP contribution in [0.25, 0.3) is 0 Å². The standard InChI is InChI=1S/C22H28N6O3S/c1-5-28-17(3)22(16(2)25-28)32(29,30)27-13-11-26(12-14-27)20-15-21(24-18(4)23-20)31-19-9-7-6-8-10-19/h6-10,15H,5,11-14H2,1-4H3. The van der Waals surface area contributed by atoms with E-state index in [1.165, 1.54) is 4.31 Å². The van der Waals surface area contributed by atoms with Gasteiger partial charge in [0.15, 0.2) is 0 Å². The number of ether oxygens (including phenoxy) is 1. The van der Waals surface area contributed by atoms with E-state index in [4.69, 9.17) is 4.74 Å².